The van der Waals surface area contributed by atoms with Crippen molar-refractivity contribution >= 4 is 11.9 Å². The first-order valence-corrected chi connectivity index (χ1v) is 9.86. The van der Waals surface area contributed by atoms with Crippen LogP contribution in [0, 0.1) is 0 Å². The third-order valence-electron chi connectivity index (χ3n) is 5.02. The average Bonchev–Trinajstić information content (AvgIpc) is 3.13. The Morgan fingerprint density at radius 1 is 1.00 bits per heavy atom. The summed E-state index contributed by atoms with van der Waals surface area (Å²) in [6, 6.07) is 19.0. The molecule has 148 valence electrons. The maximum Gasteiger partial charge on any atom is 0.317 e. The summed E-state index contributed by atoms with van der Waals surface area (Å²) in [5.41, 5.74) is 4.11. The van der Waals surface area contributed by atoms with Gasteiger partial charge < -0.3 is 10.2 Å². The van der Waals surface area contributed by atoms with Gasteiger partial charge in [-0.15, -0.1) is 0 Å². The van der Waals surface area contributed by atoms with Gasteiger partial charge in [0.2, 0.25) is 0 Å². The number of rotatable bonds is 3. The molecular weight excluding hydrogens is 364 g/mol. The Balaban J connectivity index is 1.76. The molecule has 1 aromatic heterocycles. The van der Waals surface area contributed by atoms with Crippen molar-refractivity contribution < 1.29 is 9.59 Å². The van der Waals surface area contributed by atoms with Crippen LogP contribution in [-0.4, -0.2) is 39.2 Å². The Morgan fingerprint density at radius 2 is 1.66 bits per heavy atom. The molecule has 3 aromatic rings. The lowest BCUT2D eigenvalue weighted by molar-refractivity contribution is 0.0940. The van der Waals surface area contributed by atoms with Crippen molar-refractivity contribution in [1.29, 1.82) is 0 Å². The summed E-state index contributed by atoms with van der Waals surface area (Å²) in [6.07, 6.45) is 0.583. The topological polar surface area (TPSA) is 67.2 Å². The number of aromatic nitrogens is 2. The number of urea groups is 1. The SMILES string of the molecule is CC(C)NC(=O)N1CCc2c(c(-c3ccccc3)nn2C(=O)c2ccccc2)C1. The summed E-state index contributed by atoms with van der Waals surface area (Å²) >= 11 is 0. The highest BCUT2D eigenvalue weighted by molar-refractivity contribution is 5.96. The Kier molecular flexibility index (Phi) is 5.16. The van der Waals surface area contributed by atoms with Crippen molar-refractivity contribution in [3.8, 4) is 11.3 Å². The van der Waals surface area contributed by atoms with E-state index in [1.165, 1.54) is 4.68 Å². The molecule has 1 aliphatic heterocycles. The Morgan fingerprint density at radius 3 is 2.31 bits per heavy atom. The molecule has 0 saturated carbocycles. The minimum Gasteiger partial charge on any atom is -0.336 e. The molecule has 29 heavy (non-hydrogen) atoms. The highest BCUT2D eigenvalue weighted by Gasteiger charge is 2.30. The largest absolute Gasteiger partial charge is 0.336 e. The van der Waals surface area contributed by atoms with Gasteiger partial charge in [0.05, 0.1) is 17.9 Å². The fourth-order valence-electron chi connectivity index (χ4n) is 3.63. The second kappa shape index (κ2) is 7.91. The van der Waals surface area contributed by atoms with E-state index >= 15 is 0 Å². The number of fused-ring (bicyclic) bond motifs is 1. The molecule has 6 heteroatoms. The van der Waals surface area contributed by atoms with Crippen LogP contribution >= 0.6 is 0 Å². The molecule has 0 saturated heterocycles. The van der Waals surface area contributed by atoms with Gasteiger partial charge >= 0.3 is 6.03 Å². The van der Waals surface area contributed by atoms with Crippen molar-refractivity contribution in [2.45, 2.75) is 32.9 Å². The molecule has 1 N–H and O–H groups in total. The van der Waals surface area contributed by atoms with Crippen LogP contribution in [0.25, 0.3) is 11.3 Å². The van der Waals surface area contributed by atoms with E-state index in [2.05, 4.69) is 5.32 Å². The van der Waals surface area contributed by atoms with Crippen molar-refractivity contribution in [3.05, 3.63) is 77.5 Å². The van der Waals surface area contributed by atoms with E-state index in [-0.39, 0.29) is 18.0 Å². The Hall–Kier alpha value is -3.41. The first-order valence-electron chi connectivity index (χ1n) is 9.86. The molecular formula is C23H24N4O2. The van der Waals surface area contributed by atoms with Crippen LogP contribution in [-0.2, 0) is 13.0 Å². The molecule has 0 fully saturated rings. The second-order valence-electron chi connectivity index (χ2n) is 7.50. The van der Waals surface area contributed by atoms with E-state index < -0.39 is 0 Å². The Labute approximate surface area is 170 Å². The first kappa shape index (κ1) is 18.9. The predicted molar refractivity (Wildman–Crippen MR) is 112 cm³/mol. The lowest BCUT2D eigenvalue weighted by Crippen LogP contribution is -2.45. The van der Waals surface area contributed by atoms with Gasteiger partial charge in [-0.3, -0.25) is 4.79 Å². The van der Waals surface area contributed by atoms with Gasteiger partial charge in [-0.1, -0.05) is 48.5 Å². The molecule has 2 aromatic carbocycles. The van der Waals surface area contributed by atoms with Crippen LogP contribution in [0.2, 0.25) is 0 Å². The molecule has 0 radical (unpaired) electrons. The highest BCUT2D eigenvalue weighted by atomic mass is 16.2. The quantitative estimate of drug-likeness (QED) is 0.744. The first-order chi connectivity index (χ1) is 14.0. The van der Waals surface area contributed by atoms with Crippen molar-refractivity contribution in [2.75, 3.05) is 6.54 Å². The number of hydrogen-bond donors (Lipinski definition) is 1. The summed E-state index contributed by atoms with van der Waals surface area (Å²) in [5, 5.41) is 7.65. The maximum atomic E-state index is 13.1. The fourth-order valence-corrected chi connectivity index (χ4v) is 3.63. The smallest absolute Gasteiger partial charge is 0.317 e. The summed E-state index contributed by atoms with van der Waals surface area (Å²) in [4.78, 5) is 27.5. The molecule has 0 unspecified atom stereocenters. The molecule has 0 spiro atoms. The molecule has 0 bridgehead atoms. The zero-order valence-electron chi connectivity index (χ0n) is 16.6. The number of amides is 2. The van der Waals surface area contributed by atoms with Gasteiger partial charge in [-0.2, -0.15) is 9.78 Å². The number of benzene rings is 2. The molecule has 1 aliphatic rings. The molecule has 0 atom stereocenters. The predicted octanol–water partition coefficient (Wildman–Crippen LogP) is 3.71. The van der Waals surface area contributed by atoms with Crippen LogP contribution < -0.4 is 5.32 Å². The number of carbonyl (C=O) groups excluding carboxylic acids is 2. The highest BCUT2D eigenvalue weighted by Crippen LogP contribution is 2.30. The van der Waals surface area contributed by atoms with Gasteiger partial charge in [0.15, 0.2) is 0 Å². The van der Waals surface area contributed by atoms with Crippen molar-refractivity contribution in [3.63, 3.8) is 0 Å². The van der Waals surface area contributed by atoms with Crippen LogP contribution in [0.4, 0.5) is 4.79 Å². The third kappa shape index (κ3) is 3.78. The summed E-state index contributed by atoms with van der Waals surface area (Å²) in [7, 11) is 0. The van der Waals surface area contributed by atoms with E-state index in [9.17, 15) is 9.59 Å². The van der Waals surface area contributed by atoms with E-state index in [1.54, 1.807) is 17.0 Å². The van der Waals surface area contributed by atoms with Crippen LogP contribution in [0.15, 0.2) is 60.7 Å². The van der Waals surface area contributed by atoms with Gasteiger partial charge in [0.1, 0.15) is 0 Å². The van der Waals surface area contributed by atoms with Gasteiger partial charge in [0.25, 0.3) is 5.91 Å². The van der Waals surface area contributed by atoms with Gasteiger partial charge in [-0.25, -0.2) is 4.79 Å². The van der Waals surface area contributed by atoms with Gasteiger partial charge in [-0.05, 0) is 26.0 Å². The number of nitrogens with zero attached hydrogens (tertiary/aromatic N) is 3. The molecule has 6 nitrogen and oxygen atoms in total. The number of nitrogens with one attached hydrogen (secondary N) is 1. The van der Waals surface area contributed by atoms with Crippen LogP contribution in [0.1, 0.15) is 35.5 Å². The van der Waals surface area contributed by atoms with Crippen LogP contribution in [0.5, 0.6) is 0 Å². The monoisotopic (exact) mass is 388 g/mol. The number of hydrogen-bond acceptors (Lipinski definition) is 3. The maximum absolute atomic E-state index is 13.1. The standard InChI is InChI=1S/C23H24N4O2/c1-16(2)24-23(29)26-14-13-20-19(15-26)21(17-9-5-3-6-10-17)25-27(20)22(28)18-11-7-4-8-12-18/h3-12,16H,13-15H2,1-2H3,(H,24,29). The lowest BCUT2D eigenvalue weighted by Gasteiger charge is -2.28. The van der Waals surface area contributed by atoms with Gasteiger partial charge in [0, 0.05) is 35.7 Å². The summed E-state index contributed by atoms with van der Waals surface area (Å²) < 4.78 is 1.52. The molecule has 4 rings (SSSR count). The zero-order valence-corrected chi connectivity index (χ0v) is 16.6. The number of carbonyl (C=O) groups is 2. The van der Waals surface area contributed by atoms with E-state index in [0.717, 1.165) is 22.5 Å². The summed E-state index contributed by atoms with van der Waals surface area (Å²) in [5.74, 6) is -0.149. The molecule has 2 heterocycles. The van der Waals surface area contributed by atoms with Crippen molar-refractivity contribution in [1.82, 2.24) is 20.0 Å². The normalized spacial score (nSPS) is 13.3. The zero-order chi connectivity index (χ0) is 20.4. The molecule has 0 aliphatic carbocycles. The third-order valence-corrected chi connectivity index (χ3v) is 5.02. The lowest BCUT2D eigenvalue weighted by atomic mass is 10.0. The minimum absolute atomic E-state index is 0.0693. The summed E-state index contributed by atoms with van der Waals surface area (Å²) in [6.45, 7) is 4.87. The minimum atomic E-state index is -0.149. The van der Waals surface area contributed by atoms with Crippen LogP contribution in [0.3, 0.4) is 0 Å². The van der Waals surface area contributed by atoms with E-state index in [1.807, 2.05) is 62.4 Å². The fraction of sp³-hybridized carbons (Fsp3) is 0.261. The second-order valence-corrected chi connectivity index (χ2v) is 7.50. The van der Waals surface area contributed by atoms with E-state index in [4.69, 9.17) is 5.10 Å². The Bertz CT molecular complexity index is 1030. The van der Waals surface area contributed by atoms with E-state index in [0.29, 0.717) is 25.1 Å². The molecule has 2 amide bonds. The average molecular weight is 388 g/mol. The van der Waals surface area contributed by atoms with Crippen molar-refractivity contribution in [2.24, 2.45) is 0 Å².